The zero-order valence-corrected chi connectivity index (χ0v) is 19.4. The van der Waals surface area contributed by atoms with Crippen LogP contribution in [0.3, 0.4) is 0 Å². The number of aryl methyl sites for hydroxylation is 2. The maximum absolute atomic E-state index is 13.6. The van der Waals surface area contributed by atoms with Crippen LogP contribution in [-0.4, -0.2) is 21.1 Å². The maximum atomic E-state index is 13.6. The van der Waals surface area contributed by atoms with Crippen molar-refractivity contribution in [3.05, 3.63) is 79.6 Å². The van der Waals surface area contributed by atoms with Gasteiger partial charge in [-0.25, -0.2) is 4.98 Å². The molecule has 0 aliphatic heterocycles. The van der Waals surface area contributed by atoms with Gasteiger partial charge in [0.2, 0.25) is 5.43 Å². The third-order valence-electron chi connectivity index (χ3n) is 5.49. The fraction of sp³-hybridized carbons (Fsp3) is 0.320. The molecule has 32 heavy (non-hydrogen) atoms. The third kappa shape index (κ3) is 4.25. The van der Waals surface area contributed by atoms with E-state index in [1.807, 2.05) is 19.2 Å². The molecule has 0 unspecified atom stereocenters. The number of H-pyrrole nitrogens is 1. The first kappa shape index (κ1) is 22.0. The molecule has 1 aromatic carbocycles. The summed E-state index contributed by atoms with van der Waals surface area (Å²) in [5.41, 5.74) is 3.52. The molecule has 1 N–H and O–H groups in total. The van der Waals surface area contributed by atoms with E-state index in [1.165, 1.54) is 23.0 Å². The summed E-state index contributed by atoms with van der Waals surface area (Å²) in [7, 11) is 0. The van der Waals surface area contributed by atoms with E-state index >= 15 is 0 Å². The van der Waals surface area contributed by atoms with Crippen molar-refractivity contribution in [1.82, 2.24) is 14.5 Å². The van der Waals surface area contributed by atoms with Gasteiger partial charge >= 0.3 is 0 Å². The highest BCUT2D eigenvalue weighted by Crippen LogP contribution is 2.31. The fourth-order valence-corrected chi connectivity index (χ4v) is 4.68. The minimum absolute atomic E-state index is 0.0881. The molecule has 3 aromatic heterocycles. The Morgan fingerprint density at radius 1 is 1.09 bits per heavy atom. The Balaban J connectivity index is 1.77. The lowest BCUT2D eigenvalue weighted by Crippen LogP contribution is -2.26. The molecule has 166 valence electrons. The summed E-state index contributed by atoms with van der Waals surface area (Å²) in [6, 6.07) is 9.81. The quantitative estimate of drug-likeness (QED) is 0.420. The minimum atomic E-state index is -0.195. The molecule has 0 amide bonds. The number of benzene rings is 1. The number of pyridine rings is 1. The van der Waals surface area contributed by atoms with E-state index in [9.17, 15) is 9.59 Å². The lowest BCUT2D eigenvalue weighted by atomic mass is 10.0. The van der Waals surface area contributed by atoms with Crippen LogP contribution in [0.15, 0.2) is 51.5 Å². The number of aromatic amines is 1. The van der Waals surface area contributed by atoms with Crippen LogP contribution in [0.25, 0.3) is 21.3 Å². The summed E-state index contributed by atoms with van der Waals surface area (Å²) in [6.45, 7) is 6.82. The first-order chi connectivity index (χ1) is 15.5. The molecule has 0 fully saturated rings. The highest BCUT2D eigenvalue weighted by molar-refractivity contribution is 7.17. The fourth-order valence-electron chi connectivity index (χ4n) is 3.72. The van der Waals surface area contributed by atoms with Crippen molar-refractivity contribution in [2.24, 2.45) is 0 Å². The lowest BCUT2D eigenvalue weighted by molar-refractivity contribution is 0.313. The van der Waals surface area contributed by atoms with Crippen molar-refractivity contribution < 1.29 is 4.74 Å². The van der Waals surface area contributed by atoms with Crippen molar-refractivity contribution in [3.63, 3.8) is 0 Å². The van der Waals surface area contributed by atoms with Gasteiger partial charge in [0.15, 0.2) is 5.75 Å². The largest absolute Gasteiger partial charge is 0.488 e. The normalized spacial score (nSPS) is 11.2. The van der Waals surface area contributed by atoms with Gasteiger partial charge in [0.05, 0.1) is 18.5 Å². The van der Waals surface area contributed by atoms with Gasteiger partial charge in [-0.3, -0.25) is 14.2 Å². The molecule has 4 rings (SSSR count). The predicted molar refractivity (Wildman–Crippen MR) is 130 cm³/mol. The lowest BCUT2D eigenvalue weighted by Gasteiger charge is -2.12. The molecular formula is C25H27N3O3S. The summed E-state index contributed by atoms with van der Waals surface area (Å²) in [4.78, 5) is 34.6. The number of hydrogen-bond donors (Lipinski definition) is 1. The number of hydrogen-bond acceptors (Lipinski definition) is 5. The Morgan fingerprint density at radius 2 is 1.88 bits per heavy atom. The molecule has 0 aliphatic rings. The molecule has 0 radical (unpaired) electrons. The van der Waals surface area contributed by atoms with E-state index < -0.39 is 0 Å². The summed E-state index contributed by atoms with van der Waals surface area (Å²) in [5, 5.41) is 2.63. The predicted octanol–water partition coefficient (Wildman–Crippen LogP) is 4.78. The average molecular weight is 450 g/mol. The number of rotatable bonds is 8. The summed E-state index contributed by atoms with van der Waals surface area (Å²) in [6.07, 6.45) is 3.98. The van der Waals surface area contributed by atoms with Gasteiger partial charge in [0.25, 0.3) is 5.56 Å². The van der Waals surface area contributed by atoms with Crippen LogP contribution in [0.5, 0.6) is 5.75 Å². The van der Waals surface area contributed by atoms with Crippen LogP contribution in [0.2, 0.25) is 0 Å². The van der Waals surface area contributed by atoms with Gasteiger partial charge in [-0.15, -0.1) is 11.3 Å². The zero-order chi connectivity index (χ0) is 22.7. The molecule has 0 spiro atoms. The summed E-state index contributed by atoms with van der Waals surface area (Å²) >= 11 is 1.49. The van der Waals surface area contributed by atoms with Gasteiger partial charge in [0, 0.05) is 35.3 Å². The van der Waals surface area contributed by atoms with Crippen LogP contribution in [-0.2, 0) is 19.4 Å². The monoisotopic (exact) mass is 449 g/mol. The Hall–Kier alpha value is -3.19. The first-order valence-electron chi connectivity index (χ1n) is 11.0. The Bertz CT molecular complexity index is 1350. The number of thiophene rings is 1. The van der Waals surface area contributed by atoms with Crippen molar-refractivity contribution in [1.29, 1.82) is 0 Å². The molecule has 3 heterocycles. The van der Waals surface area contributed by atoms with Crippen LogP contribution in [0, 0.1) is 0 Å². The smallest absolute Gasteiger partial charge is 0.263 e. The van der Waals surface area contributed by atoms with E-state index in [2.05, 4.69) is 36.2 Å². The molecule has 4 aromatic rings. The molecule has 0 saturated heterocycles. The van der Waals surface area contributed by atoms with Crippen LogP contribution >= 0.6 is 11.3 Å². The molecular weight excluding hydrogens is 422 g/mol. The zero-order valence-electron chi connectivity index (χ0n) is 18.6. The van der Waals surface area contributed by atoms with Crippen LogP contribution < -0.4 is 15.7 Å². The average Bonchev–Trinajstić information content (AvgIpc) is 3.24. The van der Waals surface area contributed by atoms with Crippen molar-refractivity contribution >= 4 is 21.6 Å². The Kier molecular flexibility index (Phi) is 6.55. The van der Waals surface area contributed by atoms with Crippen LogP contribution in [0.4, 0.5) is 0 Å². The van der Waals surface area contributed by atoms with E-state index in [0.29, 0.717) is 35.7 Å². The summed E-state index contributed by atoms with van der Waals surface area (Å²) < 4.78 is 7.13. The van der Waals surface area contributed by atoms with Crippen LogP contribution in [0.1, 0.15) is 44.3 Å². The number of nitrogens with one attached hydrogen (secondary N) is 1. The topological polar surface area (TPSA) is 77.0 Å². The number of aromatic nitrogens is 3. The standard InChI is InChI=1S/C25H27N3O3S/c1-4-11-31-21-13-26-18(12-20(21)29)14-28-22(6-3)27-24-23(25(28)30)19(15-32-24)17-9-7-16(5-2)8-10-17/h7-10,12-13,15H,4-6,11,14H2,1-3H3,(H,26,29). The highest BCUT2D eigenvalue weighted by atomic mass is 32.1. The third-order valence-corrected chi connectivity index (χ3v) is 6.36. The molecule has 0 aliphatic carbocycles. The molecule has 6 nitrogen and oxygen atoms in total. The number of fused-ring (bicyclic) bond motifs is 1. The van der Waals surface area contributed by atoms with Gasteiger partial charge in [-0.2, -0.15) is 0 Å². The maximum Gasteiger partial charge on any atom is 0.263 e. The summed E-state index contributed by atoms with van der Waals surface area (Å²) in [5.74, 6) is 0.993. The van der Waals surface area contributed by atoms with E-state index in [4.69, 9.17) is 9.72 Å². The Morgan fingerprint density at radius 3 is 2.53 bits per heavy atom. The van der Waals surface area contributed by atoms with E-state index in [1.54, 1.807) is 10.8 Å². The van der Waals surface area contributed by atoms with Crippen molar-refractivity contribution in [3.8, 4) is 16.9 Å². The van der Waals surface area contributed by atoms with Gasteiger partial charge in [-0.05, 0) is 24.0 Å². The second-order valence-corrected chi connectivity index (χ2v) is 8.55. The molecule has 0 saturated carbocycles. The number of nitrogens with zero attached hydrogens (tertiary/aromatic N) is 2. The second-order valence-electron chi connectivity index (χ2n) is 7.69. The van der Waals surface area contributed by atoms with Gasteiger partial charge in [-0.1, -0.05) is 45.0 Å². The number of ether oxygens (including phenoxy) is 1. The van der Waals surface area contributed by atoms with Crippen molar-refractivity contribution in [2.45, 2.75) is 46.6 Å². The van der Waals surface area contributed by atoms with E-state index in [-0.39, 0.29) is 17.5 Å². The highest BCUT2D eigenvalue weighted by Gasteiger charge is 2.17. The Labute approximate surface area is 190 Å². The van der Waals surface area contributed by atoms with Gasteiger partial charge in [0.1, 0.15) is 10.7 Å². The molecule has 0 atom stereocenters. The molecule has 7 heteroatoms. The van der Waals surface area contributed by atoms with Crippen molar-refractivity contribution in [2.75, 3.05) is 6.61 Å². The second kappa shape index (κ2) is 9.53. The van der Waals surface area contributed by atoms with E-state index in [0.717, 1.165) is 28.8 Å². The first-order valence-corrected chi connectivity index (χ1v) is 11.9. The minimum Gasteiger partial charge on any atom is -0.488 e. The van der Waals surface area contributed by atoms with Gasteiger partial charge < -0.3 is 9.72 Å². The SMILES string of the molecule is CCCOc1c[nH]c(Cn2c(CC)nc3scc(-c4ccc(CC)cc4)c3c2=O)cc1=O. The molecule has 0 bridgehead atoms.